The van der Waals surface area contributed by atoms with E-state index in [1.165, 1.54) is 17.1 Å². The van der Waals surface area contributed by atoms with Crippen LogP contribution in [0.4, 0.5) is 4.39 Å². The van der Waals surface area contributed by atoms with Gasteiger partial charge in [-0.1, -0.05) is 20.8 Å². The molecule has 1 atom stereocenters. The molecule has 0 spiro atoms. The van der Waals surface area contributed by atoms with Crippen LogP contribution >= 0.6 is 0 Å². The Kier molecular flexibility index (Phi) is 5.05. The molecular weight excluding hydrogens is 315 g/mol. The number of hydrogen-bond acceptors (Lipinski definition) is 2. The van der Waals surface area contributed by atoms with E-state index in [1.807, 2.05) is 0 Å². The summed E-state index contributed by atoms with van der Waals surface area (Å²) in [5.41, 5.74) is 3.71. The van der Waals surface area contributed by atoms with Crippen molar-refractivity contribution in [1.82, 2.24) is 19.2 Å². The van der Waals surface area contributed by atoms with Crippen molar-refractivity contribution in [3.63, 3.8) is 0 Å². The Morgan fingerprint density at radius 1 is 1.20 bits per heavy atom. The molecule has 5 heteroatoms. The van der Waals surface area contributed by atoms with Gasteiger partial charge in [-0.05, 0) is 44.9 Å². The average Bonchev–Trinajstić information content (AvgIpc) is 3.20. The molecule has 0 saturated carbocycles. The minimum atomic E-state index is -0.252. The van der Waals surface area contributed by atoms with Crippen LogP contribution in [0.5, 0.6) is 0 Å². The summed E-state index contributed by atoms with van der Waals surface area (Å²) >= 11 is 0. The van der Waals surface area contributed by atoms with Crippen LogP contribution in [0.1, 0.15) is 44.3 Å². The standard InChI is InChI=1S/C20H31FN4/c1-15-6-7-16(2)25(15)19-12-18(20(3,4)5)24(22-19)14-17-8-10-23(13-17)11-9-21/h6-7,12,17H,8-11,13-14H2,1-5H3. The molecule has 0 amide bonds. The smallest absolute Gasteiger partial charge is 0.159 e. The summed E-state index contributed by atoms with van der Waals surface area (Å²) in [6.07, 6.45) is 1.13. The van der Waals surface area contributed by atoms with Crippen LogP contribution in [-0.2, 0) is 12.0 Å². The summed E-state index contributed by atoms with van der Waals surface area (Å²) in [7, 11) is 0. The number of aryl methyl sites for hydroxylation is 2. The molecule has 138 valence electrons. The zero-order valence-corrected chi connectivity index (χ0v) is 16.2. The topological polar surface area (TPSA) is 26.0 Å². The lowest BCUT2D eigenvalue weighted by Gasteiger charge is -2.22. The van der Waals surface area contributed by atoms with E-state index >= 15 is 0 Å². The normalized spacial score (nSPS) is 19.0. The van der Waals surface area contributed by atoms with Gasteiger partial charge in [-0.15, -0.1) is 0 Å². The molecule has 1 unspecified atom stereocenters. The average molecular weight is 346 g/mol. The molecule has 2 aromatic heterocycles. The van der Waals surface area contributed by atoms with Crippen molar-refractivity contribution in [3.8, 4) is 5.82 Å². The van der Waals surface area contributed by atoms with E-state index in [2.05, 4.69) is 67.0 Å². The Morgan fingerprint density at radius 3 is 2.48 bits per heavy atom. The fraction of sp³-hybridized carbons (Fsp3) is 0.650. The number of rotatable bonds is 5. The molecule has 2 aromatic rings. The number of hydrogen-bond donors (Lipinski definition) is 0. The van der Waals surface area contributed by atoms with Gasteiger partial charge in [0.25, 0.3) is 0 Å². The van der Waals surface area contributed by atoms with E-state index < -0.39 is 0 Å². The van der Waals surface area contributed by atoms with Gasteiger partial charge in [0.15, 0.2) is 5.82 Å². The first-order valence-electron chi connectivity index (χ1n) is 9.31. The van der Waals surface area contributed by atoms with Crippen molar-refractivity contribution in [2.45, 2.75) is 53.0 Å². The number of halogens is 1. The highest BCUT2D eigenvalue weighted by Gasteiger charge is 2.27. The van der Waals surface area contributed by atoms with Crippen LogP contribution in [0.2, 0.25) is 0 Å². The molecule has 3 rings (SSSR count). The molecule has 1 aliphatic heterocycles. The molecule has 0 aromatic carbocycles. The minimum Gasteiger partial charge on any atom is -0.302 e. The van der Waals surface area contributed by atoms with Gasteiger partial charge in [-0.2, -0.15) is 5.10 Å². The number of likely N-dealkylation sites (tertiary alicyclic amines) is 1. The van der Waals surface area contributed by atoms with E-state index in [0.29, 0.717) is 12.5 Å². The van der Waals surface area contributed by atoms with Crippen LogP contribution in [-0.4, -0.2) is 45.6 Å². The van der Waals surface area contributed by atoms with Gasteiger partial charge in [-0.3, -0.25) is 4.68 Å². The van der Waals surface area contributed by atoms with E-state index in [4.69, 9.17) is 5.10 Å². The summed E-state index contributed by atoms with van der Waals surface area (Å²) in [4.78, 5) is 2.23. The van der Waals surface area contributed by atoms with Gasteiger partial charge in [0.05, 0.1) is 0 Å². The van der Waals surface area contributed by atoms with Crippen molar-refractivity contribution >= 4 is 0 Å². The Hall–Kier alpha value is -1.62. The number of aromatic nitrogens is 3. The summed E-state index contributed by atoms with van der Waals surface area (Å²) in [6, 6.07) is 6.50. The van der Waals surface area contributed by atoms with Crippen molar-refractivity contribution in [2.75, 3.05) is 26.3 Å². The van der Waals surface area contributed by atoms with Gasteiger partial charge in [0, 0.05) is 48.2 Å². The molecule has 1 fully saturated rings. The van der Waals surface area contributed by atoms with Crippen LogP contribution in [0, 0.1) is 19.8 Å². The second-order valence-corrected chi connectivity index (χ2v) is 8.42. The quantitative estimate of drug-likeness (QED) is 0.821. The number of nitrogens with zero attached hydrogens (tertiary/aromatic N) is 4. The van der Waals surface area contributed by atoms with Gasteiger partial charge < -0.3 is 9.47 Å². The summed E-state index contributed by atoms with van der Waals surface area (Å²) < 4.78 is 17.0. The maximum atomic E-state index is 12.6. The maximum absolute atomic E-state index is 12.6. The summed E-state index contributed by atoms with van der Waals surface area (Å²) in [5.74, 6) is 1.55. The van der Waals surface area contributed by atoms with Gasteiger partial charge >= 0.3 is 0 Å². The predicted octanol–water partition coefficient (Wildman–Crippen LogP) is 3.88. The predicted molar refractivity (Wildman–Crippen MR) is 100 cm³/mol. The van der Waals surface area contributed by atoms with Crippen molar-refractivity contribution in [1.29, 1.82) is 0 Å². The minimum absolute atomic E-state index is 0.0391. The Labute approximate surface area is 150 Å². The fourth-order valence-electron chi connectivity index (χ4n) is 3.91. The van der Waals surface area contributed by atoms with Crippen LogP contribution < -0.4 is 0 Å². The molecule has 0 aliphatic carbocycles. The Morgan fingerprint density at radius 2 is 1.88 bits per heavy atom. The molecule has 0 N–H and O–H groups in total. The highest BCUT2D eigenvalue weighted by Crippen LogP contribution is 2.28. The highest BCUT2D eigenvalue weighted by molar-refractivity contribution is 5.34. The lowest BCUT2D eigenvalue weighted by molar-refractivity contribution is 0.280. The SMILES string of the molecule is Cc1ccc(C)n1-c1cc(C(C)(C)C)n(CC2CCN(CCF)C2)n1. The largest absolute Gasteiger partial charge is 0.302 e. The van der Waals surface area contributed by atoms with E-state index in [9.17, 15) is 4.39 Å². The maximum Gasteiger partial charge on any atom is 0.159 e. The van der Waals surface area contributed by atoms with Crippen molar-refractivity contribution in [3.05, 3.63) is 35.3 Å². The third-order valence-corrected chi connectivity index (χ3v) is 5.24. The van der Waals surface area contributed by atoms with Crippen LogP contribution in [0.15, 0.2) is 18.2 Å². The third-order valence-electron chi connectivity index (χ3n) is 5.24. The van der Waals surface area contributed by atoms with Crippen LogP contribution in [0.3, 0.4) is 0 Å². The second-order valence-electron chi connectivity index (χ2n) is 8.42. The summed E-state index contributed by atoms with van der Waals surface area (Å²) in [5, 5.41) is 4.96. The lowest BCUT2D eigenvalue weighted by atomic mass is 9.92. The van der Waals surface area contributed by atoms with Gasteiger partial charge in [0.2, 0.25) is 0 Å². The Balaban J connectivity index is 1.88. The molecule has 0 bridgehead atoms. The fourth-order valence-corrected chi connectivity index (χ4v) is 3.91. The number of alkyl halides is 1. The third kappa shape index (κ3) is 3.81. The molecule has 1 saturated heterocycles. The first-order valence-corrected chi connectivity index (χ1v) is 9.31. The van der Waals surface area contributed by atoms with E-state index in [-0.39, 0.29) is 12.1 Å². The molecule has 25 heavy (non-hydrogen) atoms. The van der Waals surface area contributed by atoms with Gasteiger partial charge in [-0.25, -0.2) is 4.39 Å². The molecule has 1 aliphatic rings. The molecular formula is C20H31FN4. The molecule has 3 heterocycles. The van der Waals surface area contributed by atoms with E-state index in [1.54, 1.807) is 0 Å². The van der Waals surface area contributed by atoms with Crippen molar-refractivity contribution in [2.24, 2.45) is 5.92 Å². The van der Waals surface area contributed by atoms with Gasteiger partial charge in [0.1, 0.15) is 6.67 Å². The first kappa shape index (κ1) is 18.2. The first-order chi connectivity index (χ1) is 11.8. The summed E-state index contributed by atoms with van der Waals surface area (Å²) in [6.45, 7) is 14.2. The monoisotopic (exact) mass is 346 g/mol. The Bertz CT molecular complexity index is 703. The second kappa shape index (κ2) is 6.94. The molecule has 4 nitrogen and oxygen atoms in total. The van der Waals surface area contributed by atoms with Crippen LogP contribution in [0.25, 0.3) is 5.82 Å². The zero-order valence-electron chi connectivity index (χ0n) is 16.2. The lowest BCUT2D eigenvalue weighted by Crippen LogP contribution is -2.26. The zero-order chi connectivity index (χ0) is 18.2. The highest BCUT2D eigenvalue weighted by atomic mass is 19.1. The van der Waals surface area contributed by atoms with E-state index in [0.717, 1.165) is 31.9 Å². The van der Waals surface area contributed by atoms with Crippen molar-refractivity contribution < 1.29 is 4.39 Å². The molecule has 0 radical (unpaired) electrons.